The Hall–Kier alpha value is -0.720. The molecule has 1 nitrogen and oxygen atoms in total. The molecule has 0 unspecified atom stereocenters. The van der Waals surface area contributed by atoms with Crippen molar-refractivity contribution in [2.24, 2.45) is 5.41 Å². The molecule has 0 aliphatic heterocycles. The smallest absolute Gasteiger partial charge is 0.0299 e. The van der Waals surface area contributed by atoms with E-state index < -0.39 is 0 Å². The first-order valence-corrected chi connectivity index (χ1v) is 4.03. The monoisotopic (exact) mass is 153 g/mol. The van der Waals surface area contributed by atoms with Crippen LogP contribution >= 0.6 is 0 Å². The molecule has 0 bridgehead atoms. The van der Waals surface area contributed by atoms with Crippen LogP contribution in [0.15, 0.2) is 23.9 Å². The Morgan fingerprint density at radius 1 is 1.27 bits per heavy atom. The fourth-order valence-electron chi connectivity index (χ4n) is 0.850. The Morgan fingerprint density at radius 3 is 2.09 bits per heavy atom. The maximum absolute atomic E-state index is 3.13. The van der Waals surface area contributed by atoms with Crippen molar-refractivity contribution in [3.8, 4) is 0 Å². The zero-order valence-corrected chi connectivity index (χ0v) is 8.23. The fraction of sp³-hybridized carbons (Fsp3) is 0.600. The molecule has 11 heavy (non-hydrogen) atoms. The fourth-order valence-corrected chi connectivity index (χ4v) is 0.850. The average molecular weight is 153 g/mol. The maximum Gasteiger partial charge on any atom is 0.0299 e. The van der Waals surface area contributed by atoms with Crippen molar-refractivity contribution < 1.29 is 0 Å². The lowest BCUT2D eigenvalue weighted by Gasteiger charge is -2.14. The first-order chi connectivity index (χ1) is 4.99. The first-order valence-electron chi connectivity index (χ1n) is 4.03. The molecular weight excluding hydrogens is 134 g/mol. The highest BCUT2D eigenvalue weighted by atomic mass is 14.8. The van der Waals surface area contributed by atoms with E-state index in [0.717, 1.165) is 0 Å². The van der Waals surface area contributed by atoms with Gasteiger partial charge >= 0.3 is 0 Å². The molecule has 0 aliphatic carbocycles. The number of hydrogen-bond acceptors (Lipinski definition) is 1. The Morgan fingerprint density at radius 2 is 1.82 bits per heavy atom. The summed E-state index contributed by atoms with van der Waals surface area (Å²) in [5.41, 5.74) is 1.43. The lowest BCUT2D eigenvalue weighted by molar-refractivity contribution is 0.538. The number of nitrogens with one attached hydrogen (secondary N) is 1. The summed E-state index contributed by atoms with van der Waals surface area (Å²) in [6.07, 6.45) is 6.33. The van der Waals surface area contributed by atoms with Crippen LogP contribution in [0.5, 0.6) is 0 Å². The zero-order chi connectivity index (χ0) is 8.91. The van der Waals surface area contributed by atoms with Gasteiger partial charge in [-0.15, -0.1) is 0 Å². The Kier molecular flexibility index (Phi) is 3.94. The highest BCUT2D eigenvalue weighted by Crippen LogP contribution is 2.16. The molecule has 0 aromatic rings. The minimum atomic E-state index is 0.248. The lowest BCUT2D eigenvalue weighted by Crippen LogP contribution is -2.09. The average Bonchev–Trinajstić information content (AvgIpc) is 1.84. The summed E-state index contributed by atoms with van der Waals surface area (Å²) in [6.45, 7) is 8.59. The van der Waals surface area contributed by atoms with E-state index in [2.05, 4.69) is 38.2 Å². The van der Waals surface area contributed by atoms with Crippen LogP contribution in [0.1, 0.15) is 27.7 Å². The summed E-state index contributed by atoms with van der Waals surface area (Å²) in [5.74, 6) is 0. The van der Waals surface area contributed by atoms with Gasteiger partial charge in [0.05, 0.1) is 0 Å². The summed E-state index contributed by atoms with van der Waals surface area (Å²) in [7, 11) is 1.94. The van der Waals surface area contributed by atoms with Gasteiger partial charge in [-0.05, 0) is 18.4 Å². The summed E-state index contributed by atoms with van der Waals surface area (Å²) < 4.78 is 0. The van der Waals surface area contributed by atoms with E-state index in [9.17, 15) is 0 Å². The molecule has 64 valence electrons. The Bertz CT molecular complexity index is 158. The highest BCUT2D eigenvalue weighted by Gasteiger charge is 2.05. The predicted octanol–water partition coefficient (Wildman–Crippen LogP) is 2.71. The van der Waals surface area contributed by atoms with Crippen LogP contribution in [0.25, 0.3) is 0 Å². The molecule has 0 amide bonds. The highest BCUT2D eigenvalue weighted by molar-refractivity contribution is 5.18. The largest absolute Gasteiger partial charge is 0.388 e. The van der Waals surface area contributed by atoms with Crippen LogP contribution < -0.4 is 5.32 Å². The van der Waals surface area contributed by atoms with E-state index in [4.69, 9.17) is 0 Å². The summed E-state index contributed by atoms with van der Waals surface area (Å²) >= 11 is 0. The summed E-state index contributed by atoms with van der Waals surface area (Å²) in [6, 6.07) is 0. The molecule has 0 heterocycles. The SMILES string of the molecule is C/C=C\C(=C/C(C)(C)C)NC. The van der Waals surface area contributed by atoms with Crippen LogP contribution in [0.2, 0.25) is 0 Å². The third-order valence-electron chi connectivity index (χ3n) is 1.22. The number of rotatable bonds is 2. The van der Waals surface area contributed by atoms with Gasteiger partial charge in [-0.25, -0.2) is 0 Å². The van der Waals surface area contributed by atoms with Gasteiger partial charge < -0.3 is 5.32 Å². The third-order valence-corrected chi connectivity index (χ3v) is 1.22. The standard InChI is InChI=1S/C10H19N/c1-6-7-9(11-5)8-10(2,3)4/h6-8,11H,1-5H3/b7-6-,9-8+. The van der Waals surface area contributed by atoms with E-state index in [1.165, 1.54) is 5.70 Å². The second-order valence-electron chi connectivity index (χ2n) is 3.72. The lowest BCUT2D eigenvalue weighted by atomic mass is 9.95. The van der Waals surface area contributed by atoms with Crippen molar-refractivity contribution in [2.75, 3.05) is 7.05 Å². The van der Waals surface area contributed by atoms with Crippen LogP contribution in [-0.4, -0.2) is 7.05 Å². The maximum atomic E-state index is 3.13. The zero-order valence-electron chi connectivity index (χ0n) is 8.23. The normalized spacial score (nSPS) is 14.1. The molecule has 0 aromatic heterocycles. The van der Waals surface area contributed by atoms with E-state index in [1.54, 1.807) is 0 Å². The van der Waals surface area contributed by atoms with Gasteiger partial charge in [0.25, 0.3) is 0 Å². The van der Waals surface area contributed by atoms with Crippen LogP contribution in [0.4, 0.5) is 0 Å². The van der Waals surface area contributed by atoms with Crippen molar-refractivity contribution >= 4 is 0 Å². The van der Waals surface area contributed by atoms with Gasteiger partial charge in [0.2, 0.25) is 0 Å². The van der Waals surface area contributed by atoms with E-state index in [-0.39, 0.29) is 5.41 Å². The van der Waals surface area contributed by atoms with Gasteiger partial charge in [0.15, 0.2) is 0 Å². The minimum absolute atomic E-state index is 0.248. The molecule has 0 rings (SSSR count). The van der Waals surface area contributed by atoms with E-state index in [0.29, 0.717) is 0 Å². The quantitative estimate of drug-likeness (QED) is 0.601. The molecule has 0 aromatic carbocycles. The van der Waals surface area contributed by atoms with E-state index in [1.807, 2.05) is 20.0 Å². The summed E-state index contributed by atoms with van der Waals surface area (Å²) in [4.78, 5) is 0. The van der Waals surface area contributed by atoms with Crippen molar-refractivity contribution in [3.05, 3.63) is 23.9 Å². The van der Waals surface area contributed by atoms with Crippen LogP contribution in [-0.2, 0) is 0 Å². The number of likely N-dealkylation sites (N-methyl/N-ethyl adjacent to an activating group) is 1. The van der Waals surface area contributed by atoms with Gasteiger partial charge in [0.1, 0.15) is 0 Å². The van der Waals surface area contributed by atoms with Gasteiger partial charge in [-0.2, -0.15) is 0 Å². The second-order valence-corrected chi connectivity index (χ2v) is 3.72. The molecule has 1 heteroatoms. The van der Waals surface area contributed by atoms with E-state index >= 15 is 0 Å². The van der Waals surface area contributed by atoms with Crippen molar-refractivity contribution in [1.29, 1.82) is 0 Å². The molecule has 0 radical (unpaired) electrons. The molecular formula is C10H19N. The van der Waals surface area contributed by atoms with Crippen molar-refractivity contribution in [2.45, 2.75) is 27.7 Å². The Labute approximate surface area is 70.2 Å². The van der Waals surface area contributed by atoms with Crippen LogP contribution in [0.3, 0.4) is 0 Å². The topological polar surface area (TPSA) is 12.0 Å². The van der Waals surface area contributed by atoms with Crippen LogP contribution in [0, 0.1) is 5.41 Å². The summed E-state index contributed by atoms with van der Waals surface area (Å²) in [5, 5.41) is 3.13. The molecule has 0 saturated heterocycles. The minimum Gasteiger partial charge on any atom is -0.388 e. The molecule has 0 spiro atoms. The van der Waals surface area contributed by atoms with Gasteiger partial charge in [-0.3, -0.25) is 0 Å². The first kappa shape index (κ1) is 10.3. The van der Waals surface area contributed by atoms with Crippen molar-refractivity contribution in [3.63, 3.8) is 0 Å². The molecule has 0 fully saturated rings. The molecule has 0 saturated carbocycles. The van der Waals surface area contributed by atoms with Gasteiger partial charge in [-0.1, -0.05) is 32.9 Å². The number of allylic oxidation sites excluding steroid dienone is 3. The molecule has 0 atom stereocenters. The van der Waals surface area contributed by atoms with Crippen molar-refractivity contribution in [1.82, 2.24) is 5.32 Å². The number of hydrogen-bond donors (Lipinski definition) is 1. The predicted molar refractivity (Wildman–Crippen MR) is 51.4 cm³/mol. The molecule has 0 aliphatic rings. The Balaban J connectivity index is 4.35. The second kappa shape index (κ2) is 4.22. The third kappa shape index (κ3) is 5.71. The van der Waals surface area contributed by atoms with Gasteiger partial charge in [0, 0.05) is 12.7 Å². The molecule has 1 N–H and O–H groups in total.